The topological polar surface area (TPSA) is 60.7 Å². The lowest BCUT2D eigenvalue weighted by Gasteiger charge is -2.15. The van der Waals surface area contributed by atoms with Gasteiger partial charge in [-0.3, -0.25) is 0 Å². The fourth-order valence-electron chi connectivity index (χ4n) is 4.42. The summed E-state index contributed by atoms with van der Waals surface area (Å²) in [6.45, 7) is 4.77. The molecule has 3 nitrogen and oxygen atoms in total. The molecular formula is C25H40O3. The zero-order valence-corrected chi connectivity index (χ0v) is 18.0. The molecule has 0 aromatic heterocycles. The van der Waals surface area contributed by atoms with Crippen LogP contribution in [0.25, 0.3) is 0 Å². The fourth-order valence-corrected chi connectivity index (χ4v) is 4.42. The maximum atomic E-state index is 10.4. The number of phenols is 3. The smallest absolute Gasteiger partial charge is 0.200 e. The normalized spacial score (nSPS) is 18.9. The monoisotopic (exact) mass is 388 g/mol. The molecule has 28 heavy (non-hydrogen) atoms. The fraction of sp³-hybridized carbons (Fsp3) is 0.760. The molecule has 0 saturated heterocycles. The van der Waals surface area contributed by atoms with E-state index in [1.54, 1.807) is 6.07 Å². The van der Waals surface area contributed by atoms with Gasteiger partial charge >= 0.3 is 0 Å². The van der Waals surface area contributed by atoms with Crippen LogP contribution in [-0.2, 0) is 12.8 Å². The minimum atomic E-state index is -0.359. The Kier molecular flexibility index (Phi) is 6.83. The Labute approximate surface area is 171 Å². The van der Waals surface area contributed by atoms with Crippen molar-refractivity contribution in [2.75, 3.05) is 0 Å². The van der Waals surface area contributed by atoms with Gasteiger partial charge in [0, 0.05) is 5.56 Å². The molecule has 2 saturated carbocycles. The highest BCUT2D eigenvalue weighted by Crippen LogP contribution is 2.50. The molecule has 0 unspecified atom stereocenters. The van der Waals surface area contributed by atoms with E-state index in [1.807, 2.05) is 0 Å². The third kappa shape index (κ3) is 6.06. The number of hydrogen-bond acceptors (Lipinski definition) is 3. The van der Waals surface area contributed by atoms with Crippen molar-refractivity contribution in [1.82, 2.24) is 0 Å². The van der Waals surface area contributed by atoms with Crippen molar-refractivity contribution in [2.45, 2.75) is 110 Å². The first-order chi connectivity index (χ1) is 13.3. The number of rotatable bonds is 13. The molecular weight excluding hydrogens is 348 g/mol. The van der Waals surface area contributed by atoms with E-state index in [2.05, 4.69) is 13.8 Å². The van der Waals surface area contributed by atoms with E-state index in [0.717, 1.165) is 43.2 Å². The molecule has 2 fully saturated rings. The van der Waals surface area contributed by atoms with Gasteiger partial charge in [0.05, 0.1) is 0 Å². The average Bonchev–Trinajstić information content (AvgIpc) is 3.57. The molecule has 0 heterocycles. The summed E-state index contributed by atoms with van der Waals surface area (Å²) in [5.74, 6) is -0.660. The SMILES string of the molecule is CC1(CCCCCCc2c(CCCCCC3(C)CC3)cc(O)c(O)c2O)CC1. The van der Waals surface area contributed by atoms with Crippen LogP contribution < -0.4 is 0 Å². The summed E-state index contributed by atoms with van der Waals surface area (Å²) in [6.07, 6.45) is 18.2. The van der Waals surface area contributed by atoms with E-state index in [-0.39, 0.29) is 17.2 Å². The maximum absolute atomic E-state index is 10.4. The number of phenolic OH excluding ortho intramolecular Hbond substituents is 3. The van der Waals surface area contributed by atoms with Crippen LogP contribution in [0.2, 0.25) is 0 Å². The van der Waals surface area contributed by atoms with Gasteiger partial charge in [-0.05, 0) is 86.7 Å². The number of aromatic hydroxyl groups is 3. The Morgan fingerprint density at radius 1 is 0.679 bits per heavy atom. The predicted molar refractivity (Wildman–Crippen MR) is 115 cm³/mol. The summed E-state index contributed by atoms with van der Waals surface area (Å²) >= 11 is 0. The Hall–Kier alpha value is -1.38. The van der Waals surface area contributed by atoms with Crippen LogP contribution in [0.3, 0.4) is 0 Å². The molecule has 3 rings (SSSR count). The van der Waals surface area contributed by atoms with Gasteiger partial charge in [0.1, 0.15) is 0 Å². The molecule has 2 aliphatic carbocycles. The van der Waals surface area contributed by atoms with E-state index >= 15 is 0 Å². The highest BCUT2D eigenvalue weighted by molar-refractivity contribution is 5.57. The molecule has 0 bridgehead atoms. The van der Waals surface area contributed by atoms with Crippen molar-refractivity contribution < 1.29 is 15.3 Å². The summed E-state index contributed by atoms with van der Waals surface area (Å²) < 4.78 is 0. The van der Waals surface area contributed by atoms with Gasteiger partial charge in [-0.25, -0.2) is 0 Å². The van der Waals surface area contributed by atoms with Crippen LogP contribution in [0.1, 0.15) is 108 Å². The van der Waals surface area contributed by atoms with E-state index in [4.69, 9.17) is 0 Å². The third-order valence-corrected chi connectivity index (χ3v) is 7.34. The van der Waals surface area contributed by atoms with Crippen molar-refractivity contribution in [2.24, 2.45) is 10.8 Å². The summed E-state index contributed by atoms with van der Waals surface area (Å²) in [4.78, 5) is 0. The third-order valence-electron chi connectivity index (χ3n) is 7.34. The molecule has 1 aromatic rings. The van der Waals surface area contributed by atoms with Crippen molar-refractivity contribution >= 4 is 0 Å². The van der Waals surface area contributed by atoms with Crippen molar-refractivity contribution in [1.29, 1.82) is 0 Å². The Morgan fingerprint density at radius 3 is 1.75 bits per heavy atom. The summed E-state index contributed by atoms with van der Waals surface area (Å²) in [5, 5.41) is 30.3. The number of benzene rings is 1. The Morgan fingerprint density at radius 2 is 1.18 bits per heavy atom. The van der Waals surface area contributed by atoms with Crippen molar-refractivity contribution in [3.05, 3.63) is 17.2 Å². The largest absolute Gasteiger partial charge is 0.504 e. The van der Waals surface area contributed by atoms with Crippen molar-refractivity contribution in [3.8, 4) is 17.2 Å². The molecule has 0 aliphatic heterocycles. The highest BCUT2D eigenvalue weighted by Gasteiger charge is 2.36. The first-order valence-electron chi connectivity index (χ1n) is 11.6. The zero-order chi connectivity index (χ0) is 20.2. The molecule has 0 amide bonds. The molecule has 158 valence electrons. The number of hydrogen-bond donors (Lipinski definition) is 3. The van der Waals surface area contributed by atoms with Crippen LogP contribution in [0.5, 0.6) is 17.2 Å². The van der Waals surface area contributed by atoms with E-state index in [1.165, 1.54) is 64.2 Å². The number of unbranched alkanes of at least 4 members (excludes halogenated alkanes) is 5. The lowest BCUT2D eigenvalue weighted by atomic mass is 9.93. The summed E-state index contributed by atoms with van der Waals surface area (Å²) in [5.41, 5.74) is 3.12. The van der Waals surface area contributed by atoms with Gasteiger partial charge < -0.3 is 15.3 Å². The maximum Gasteiger partial charge on any atom is 0.200 e. The van der Waals surface area contributed by atoms with Gasteiger partial charge in [0.2, 0.25) is 5.75 Å². The second-order valence-electron chi connectivity index (χ2n) is 10.3. The minimum Gasteiger partial charge on any atom is -0.504 e. The second kappa shape index (κ2) is 8.97. The molecule has 1 aromatic carbocycles. The van der Waals surface area contributed by atoms with Crippen LogP contribution in [0.15, 0.2) is 6.07 Å². The summed E-state index contributed by atoms with van der Waals surface area (Å²) in [7, 11) is 0. The second-order valence-corrected chi connectivity index (χ2v) is 10.3. The number of aryl methyl sites for hydroxylation is 1. The van der Waals surface area contributed by atoms with Crippen LogP contribution >= 0.6 is 0 Å². The molecule has 2 aliphatic rings. The van der Waals surface area contributed by atoms with Crippen LogP contribution in [-0.4, -0.2) is 15.3 Å². The van der Waals surface area contributed by atoms with Gasteiger partial charge in [0.25, 0.3) is 0 Å². The van der Waals surface area contributed by atoms with E-state index in [9.17, 15) is 15.3 Å². The van der Waals surface area contributed by atoms with Crippen LogP contribution in [0.4, 0.5) is 0 Å². The average molecular weight is 389 g/mol. The molecule has 0 spiro atoms. The molecule has 0 radical (unpaired) electrons. The van der Waals surface area contributed by atoms with Crippen molar-refractivity contribution in [3.63, 3.8) is 0 Å². The van der Waals surface area contributed by atoms with Gasteiger partial charge in [-0.1, -0.05) is 46.0 Å². The highest BCUT2D eigenvalue weighted by atomic mass is 16.3. The lowest BCUT2D eigenvalue weighted by molar-refractivity contribution is 0.363. The summed E-state index contributed by atoms with van der Waals surface area (Å²) in [6, 6.07) is 1.67. The molecule has 3 N–H and O–H groups in total. The first-order valence-corrected chi connectivity index (χ1v) is 11.6. The van der Waals surface area contributed by atoms with Gasteiger partial charge in [0.15, 0.2) is 11.5 Å². The van der Waals surface area contributed by atoms with Gasteiger partial charge in [-0.2, -0.15) is 0 Å². The molecule has 0 atom stereocenters. The first kappa shape index (κ1) is 21.3. The van der Waals surface area contributed by atoms with Gasteiger partial charge in [-0.15, -0.1) is 0 Å². The predicted octanol–water partition coefficient (Wildman–Crippen LogP) is 7.00. The zero-order valence-electron chi connectivity index (χ0n) is 18.0. The molecule has 3 heteroatoms. The standard InChI is InChI=1S/C25H40O3/c1-24(14-15-24)12-8-4-3-7-11-20-19(18-21(26)23(28)22(20)27)10-6-5-9-13-25(2)16-17-25/h18,26-28H,3-17H2,1-2H3. The minimum absolute atomic E-state index is 0.106. The quantitative estimate of drug-likeness (QED) is 0.252. The Bertz CT molecular complexity index is 656. The van der Waals surface area contributed by atoms with E-state index < -0.39 is 0 Å². The Balaban J connectivity index is 1.44. The lowest BCUT2D eigenvalue weighted by Crippen LogP contribution is -1.98. The van der Waals surface area contributed by atoms with Crippen LogP contribution in [0, 0.1) is 10.8 Å². The van der Waals surface area contributed by atoms with E-state index in [0.29, 0.717) is 10.8 Å².